The lowest BCUT2D eigenvalue weighted by Crippen LogP contribution is -2.27. The van der Waals surface area contributed by atoms with E-state index in [1.807, 2.05) is 0 Å². The van der Waals surface area contributed by atoms with Crippen molar-refractivity contribution in [3.05, 3.63) is 47.0 Å². The van der Waals surface area contributed by atoms with Gasteiger partial charge in [0, 0.05) is 13.1 Å². The van der Waals surface area contributed by atoms with Gasteiger partial charge in [-0.15, -0.1) is 5.10 Å². The highest BCUT2D eigenvalue weighted by molar-refractivity contribution is 5.75. The lowest BCUT2D eigenvalue weighted by molar-refractivity contribution is -0.122. The smallest absolute Gasteiger partial charge is 0.242 e. The van der Waals surface area contributed by atoms with Gasteiger partial charge in [0.1, 0.15) is 12.4 Å². The SMILES string of the molecule is Cc1ccc(CNC(=O)Cn2cc(CN)nn2)cc1F. The van der Waals surface area contributed by atoms with E-state index in [-0.39, 0.29) is 31.4 Å². The van der Waals surface area contributed by atoms with E-state index in [4.69, 9.17) is 5.73 Å². The van der Waals surface area contributed by atoms with Crippen LogP contribution in [0.3, 0.4) is 0 Å². The van der Waals surface area contributed by atoms with E-state index < -0.39 is 0 Å². The summed E-state index contributed by atoms with van der Waals surface area (Å²) in [5.41, 5.74) is 7.32. The summed E-state index contributed by atoms with van der Waals surface area (Å²) in [5, 5.41) is 10.3. The average molecular weight is 277 g/mol. The number of amides is 1. The van der Waals surface area contributed by atoms with Crippen LogP contribution in [0.25, 0.3) is 0 Å². The van der Waals surface area contributed by atoms with Crippen molar-refractivity contribution in [1.29, 1.82) is 0 Å². The van der Waals surface area contributed by atoms with Gasteiger partial charge in [-0.2, -0.15) is 0 Å². The van der Waals surface area contributed by atoms with E-state index in [1.165, 1.54) is 10.7 Å². The molecule has 0 saturated heterocycles. The Balaban J connectivity index is 1.87. The van der Waals surface area contributed by atoms with Gasteiger partial charge in [0.2, 0.25) is 5.91 Å². The number of benzene rings is 1. The monoisotopic (exact) mass is 277 g/mol. The van der Waals surface area contributed by atoms with Gasteiger partial charge in [0.15, 0.2) is 0 Å². The molecule has 0 atom stereocenters. The molecule has 0 bridgehead atoms. The fraction of sp³-hybridized carbons (Fsp3) is 0.308. The second kappa shape index (κ2) is 6.25. The normalized spacial score (nSPS) is 10.6. The summed E-state index contributed by atoms with van der Waals surface area (Å²) in [5.74, 6) is -0.500. The molecule has 20 heavy (non-hydrogen) atoms. The second-order valence-electron chi connectivity index (χ2n) is 4.47. The summed E-state index contributed by atoms with van der Waals surface area (Å²) in [6.45, 7) is 2.30. The molecule has 106 valence electrons. The quantitative estimate of drug-likeness (QED) is 0.833. The maximum Gasteiger partial charge on any atom is 0.242 e. The molecule has 2 aromatic rings. The van der Waals surface area contributed by atoms with Crippen LogP contribution in [0.2, 0.25) is 0 Å². The minimum absolute atomic E-state index is 0.0569. The molecule has 1 aromatic carbocycles. The molecule has 0 saturated carbocycles. The zero-order chi connectivity index (χ0) is 14.5. The van der Waals surface area contributed by atoms with Crippen LogP contribution in [0.15, 0.2) is 24.4 Å². The van der Waals surface area contributed by atoms with Gasteiger partial charge in [-0.25, -0.2) is 9.07 Å². The van der Waals surface area contributed by atoms with Crippen LogP contribution in [0, 0.1) is 12.7 Å². The fourth-order valence-electron chi connectivity index (χ4n) is 1.66. The number of hydrogen-bond donors (Lipinski definition) is 2. The number of nitrogens with zero attached hydrogens (tertiary/aromatic N) is 3. The van der Waals surface area contributed by atoms with E-state index in [2.05, 4.69) is 15.6 Å². The number of hydrogen-bond acceptors (Lipinski definition) is 4. The number of nitrogens with two attached hydrogens (primary N) is 1. The van der Waals surface area contributed by atoms with E-state index >= 15 is 0 Å². The Bertz CT molecular complexity index is 611. The fourth-order valence-corrected chi connectivity index (χ4v) is 1.66. The van der Waals surface area contributed by atoms with Gasteiger partial charge >= 0.3 is 0 Å². The summed E-state index contributed by atoms with van der Waals surface area (Å²) in [6.07, 6.45) is 1.62. The van der Waals surface area contributed by atoms with Crippen LogP contribution in [-0.4, -0.2) is 20.9 Å². The van der Waals surface area contributed by atoms with Gasteiger partial charge in [0.05, 0.1) is 11.9 Å². The molecule has 1 aromatic heterocycles. The number of halogens is 1. The van der Waals surface area contributed by atoms with E-state index in [9.17, 15) is 9.18 Å². The van der Waals surface area contributed by atoms with Crippen LogP contribution in [-0.2, 0) is 24.4 Å². The van der Waals surface area contributed by atoms with Gasteiger partial charge in [0.25, 0.3) is 0 Å². The Morgan fingerprint density at radius 1 is 1.50 bits per heavy atom. The van der Waals surface area contributed by atoms with Crippen LogP contribution in [0.1, 0.15) is 16.8 Å². The highest BCUT2D eigenvalue weighted by atomic mass is 19.1. The molecule has 0 aliphatic rings. The van der Waals surface area contributed by atoms with E-state index in [0.29, 0.717) is 16.8 Å². The van der Waals surface area contributed by atoms with Crippen LogP contribution < -0.4 is 11.1 Å². The Kier molecular flexibility index (Phi) is 4.41. The van der Waals surface area contributed by atoms with Gasteiger partial charge in [-0.1, -0.05) is 17.3 Å². The van der Waals surface area contributed by atoms with Crippen molar-refractivity contribution in [1.82, 2.24) is 20.3 Å². The lowest BCUT2D eigenvalue weighted by atomic mass is 10.1. The van der Waals surface area contributed by atoms with Crippen LogP contribution >= 0.6 is 0 Å². The molecule has 0 aliphatic carbocycles. The molecule has 6 nitrogen and oxygen atoms in total. The highest BCUT2D eigenvalue weighted by Crippen LogP contribution is 2.08. The number of aryl methyl sites for hydroxylation is 1. The summed E-state index contributed by atoms with van der Waals surface area (Å²) in [4.78, 5) is 11.7. The Morgan fingerprint density at radius 2 is 2.30 bits per heavy atom. The first kappa shape index (κ1) is 14.1. The number of carbonyl (C=O) groups excluding carboxylic acids is 1. The van der Waals surface area contributed by atoms with E-state index in [0.717, 1.165) is 0 Å². The predicted molar refractivity (Wildman–Crippen MR) is 70.9 cm³/mol. The van der Waals surface area contributed by atoms with Crippen molar-refractivity contribution in [3.8, 4) is 0 Å². The first-order valence-electron chi connectivity index (χ1n) is 6.19. The topological polar surface area (TPSA) is 85.8 Å². The first-order chi connectivity index (χ1) is 9.58. The minimum Gasteiger partial charge on any atom is -0.350 e. The highest BCUT2D eigenvalue weighted by Gasteiger charge is 2.06. The third kappa shape index (κ3) is 3.61. The van der Waals surface area contributed by atoms with Crippen molar-refractivity contribution in [3.63, 3.8) is 0 Å². The number of aromatic nitrogens is 3. The number of carbonyl (C=O) groups is 1. The molecule has 2 rings (SSSR count). The number of rotatable bonds is 5. The maximum atomic E-state index is 13.3. The molecule has 0 aliphatic heterocycles. The molecule has 0 radical (unpaired) electrons. The van der Waals surface area contributed by atoms with Crippen molar-refractivity contribution >= 4 is 5.91 Å². The van der Waals surface area contributed by atoms with E-state index in [1.54, 1.807) is 25.3 Å². The summed E-state index contributed by atoms with van der Waals surface area (Å²) in [7, 11) is 0. The summed E-state index contributed by atoms with van der Waals surface area (Å²) < 4.78 is 14.8. The molecular formula is C13H16FN5O. The Hall–Kier alpha value is -2.28. The third-order valence-corrected chi connectivity index (χ3v) is 2.83. The van der Waals surface area contributed by atoms with Crippen LogP contribution in [0.4, 0.5) is 4.39 Å². The summed E-state index contributed by atoms with van der Waals surface area (Å²) in [6, 6.07) is 4.88. The zero-order valence-corrected chi connectivity index (χ0v) is 11.1. The van der Waals surface area contributed by atoms with Gasteiger partial charge in [-0.3, -0.25) is 4.79 Å². The summed E-state index contributed by atoms with van der Waals surface area (Å²) >= 11 is 0. The minimum atomic E-state index is -0.277. The molecule has 1 heterocycles. The lowest BCUT2D eigenvalue weighted by Gasteiger charge is -2.06. The van der Waals surface area contributed by atoms with Crippen molar-refractivity contribution in [2.45, 2.75) is 26.6 Å². The zero-order valence-electron chi connectivity index (χ0n) is 11.1. The van der Waals surface area contributed by atoms with Crippen LogP contribution in [0.5, 0.6) is 0 Å². The molecule has 0 spiro atoms. The number of nitrogens with one attached hydrogen (secondary N) is 1. The molecular weight excluding hydrogens is 261 g/mol. The largest absolute Gasteiger partial charge is 0.350 e. The first-order valence-corrected chi connectivity index (χ1v) is 6.19. The standard InChI is InChI=1S/C13H16FN5O/c1-9-2-3-10(4-12(9)14)6-16-13(20)8-19-7-11(5-15)17-18-19/h2-4,7H,5-6,8,15H2,1H3,(H,16,20). The van der Waals surface area contributed by atoms with Crippen molar-refractivity contribution in [2.75, 3.05) is 0 Å². The molecule has 0 unspecified atom stereocenters. The molecule has 7 heteroatoms. The van der Waals surface area contributed by atoms with Crippen molar-refractivity contribution < 1.29 is 9.18 Å². The second-order valence-corrected chi connectivity index (χ2v) is 4.47. The molecule has 3 N–H and O–H groups in total. The maximum absolute atomic E-state index is 13.3. The van der Waals surface area contributed by atoms with Crippen molar-refractivity contribution in [2.24, 2.45) is 5.73 Å². The third-order valence-electron chi connectivity index (χ3n) is 2.83. The predicted octanol–water partition coefficient (Wildman–Crippen LogP) is 0.501. The van der Waals surface area contributed by atoms with Gasteiger partial charge in [-0.05, 0) is 24.1 Å². The Labute approximate surface area is 115 Å². The molecule has 0 fully saturated rings. The average Bonchev–Trinajstić information content (AvgIpc) is 2.88. The molecule has 1 amide bonds. The Morgan fingerprint density at radius 3 is 2.95 bits per heavy atom. The van der Waals surface area contributed by atoms with Gasteiger partial charge < -0.3 is 11.1 Å².